The van der Waals surface area contributed by atoms with Gasteiger partial charge in [-0.2, -0.15) is 0 Å². The smallest absolute Gasteiger partial charge is 0.257 e. The predicted octanol–water partition coefficient (Wildman–Crippen LogP) is 8.04. The lowest BCUT2D eigenvalue weighted by atomic mass is 9.88. The van der Waals surface area contributed by atoms with Crippen molar-refractivity contribution in [2.24, 2.45) is 0 Å². The van der Waals surface area contributed by atoms with E-state index in [1.807, 2.05) is 43.1 Å². The van der Waals surface area contributed by atoms with Crippen molar-refractivity contribution in [2.75, 3.05) is 23.7 Å². The zero-order valence-electron chi connectivity index (χ0n) is 24.8. The molecule has 1 aliphatic rings. The SMILES string of the molecule is CC(C)Nc1ccc(C(=O)Nc2cc(C(=O)N3CCC(c4ccc(-c5ccnc6ccccc56)cc4)CC3)ccc2Cl)cn1. The number of amides is 2. The highest BCUT2D eigenvalue weighted by Crippen LogP contribution is 2.33. The van der Waals surface area contributed by atoms with Crippen molar-refractivity contribution in [1.82, 2.24) is 14.9 Å². The molecule has 2 amide bonds. The number of benzene rings is 3. The van der Waals surface area contributed by atoms with E-state index in [9.17, 15) is 9.59 Å². The molecule has 0 spiro atoms. The number of pyridine rings is 2. The number of anilines is 2. The van der Waals surface area contributed by atoms with Crippen molar-refractivity contribution in [1.29, 1.82) is 0 Å². The first-order valence-corrected chi connectivity index (χ1v) is 15.3. The lowest BCUT2D eigenvalue weighted by Gasteiger charge is -2.32. The van der Waals surface area contributed by atoms with Crippen LogP contribution in [0.4, 0.5) is 11.5 Å². The third-order valence-corrected chi connectivity index (χ3v) is 8.38. The summed E-state index contributed by atoms with van der Waals surface area (Å²) in [5.74, 6) is 0.671. The number of hydrogen-bond donors (Lipinski definition) is 2. The minimum atomic E-state index is -0.343. The normalized spacial score (nSPS) is 13.7. The number of fused-ring (bicyclic) bond motifs is 1. The van der Waals surface area contributed by atoms with Crippen LogP contribution < -0.4 is 10.6 Å². The second-order valence-corrected chi connectivity index (χ2v) is 11.9. The van der Waals surface area contributed by atoms with Gasteiger partial charge in [0.15, 0.2) is 0 Å². The van der Waals surface area contributed by atoms with Gasteiger partial charge >= 0.3 is 0 Å². The van der Waals surface area contributed by atoms with Gasteiger partial charge in [-0.25, -0.2) is 4.98 Å². The largest absolute Gasteiger partial charge is 0.368 e. The number of likely N-dealkylation sites (tertiary alicyclic amines) is 1. The van der Waals surface area contributed by atoms with Crippen molar-refractivity contribution in [3.8, 4) is 11.1 Å². The molecule has 0 aliphatic carbocycles. The highest BCUT2D eigenvalue weighted by molar-refractivity contribution is 6.34. The molecule has 44 heavy (non-hydrogen) atoms. The van der Waals surface area contributed by atoms with Crippen LogP contribution in [0.25, 0.3) is 22.0 Å². The second-order valence-electron chi connectivity index (χ2n) is 11.4. The number of hydrogen-bond acceptors (Lipinski definition) is 5. The molecular weight excluding hydrogens is 570 g/mol. The predicted molar refractivity (Wildman–Crippen MR) is 177 cm³/mol. The van der Waals surface area contributed by atoms with E-state index in [4.69, 9.17) is 11.6 Å². The molecular formula is C36H34ClN5O2. The molecule has 222 valence electrons. The van der Waals surface area contributed by atoms with Crippen molar-refractivity contribution in [3.05, 3.63) is 119 Å². The molecule has 5 aromatic rings. The third-order valence-electron chi connectivity index (χ3n) is 8.05. The monoisotopic (exact) mass is 603 g/mol. The maximum Gasteiger partial charge on any atom is 0.257 e. The summed E-state index contributed by atoms with van der Waals surface area (Å²) < 4.78 is 0. The van der Waals surface area contributed by atoms with E-state index in [2.05, 4.69) is 57.0 Å². The third kappa shape index (κ3) is 6.43. The Morgan fingerprint density at radius 3 is 2.36 bits per heavy atom. The fourth-order valence-corrected chi connectivity index (χ4v) is 5.90. The van der Waals surface area contributed by atoms with Gasteiger partial charge in [-0.1, -0.05) is 54.1 Å². The number of carbonyl (C=O) groups excluding carboxylic acids is 2. The van der Waals surface area contributed by atoms with Gasteiger partial charge in [0, 0.05) is 42.5 Å². The number of rotatable bonds is 7. The van der Waals surface area contributed by atoms with Crippen LogP contribution in [0.15, 0.2) is 97.3 Å². The average Bonchev–Trinajstić information content (AvgIpc) is 3.05. The Bertz CT molecular complexity index is 1790. The molecule has 8 heteroatoms. The first-order chi connectivity index (χ1) is 21.4. The Morgan fingerprint density at radius 1 is 0.886 bits per heavy atom. The van der Waals surface area contributed by atoms with Gasteiger partial charge in [0.25, 0.3) is 11.8 Å². The Balaban J connectivity index is 1.08. The standard InChI is InChI=1S/C36H34ClN5O2/c1-23(2)40-34-14-12-28(22-39-34)35(43)41-33-21-27(11-13-31(33)37)36(44)42-19-16-25(17-20-42)24-7-9-26(10-8-24)29-15-18-38-32-6-4-3-5-30(29)32/h3-15,18,21-23,25H,16-17,19-20H2,1-2H3,(H,39,40)(H,41,43). The van der Waals surface area contributed by atoms with E-state index in [1.165, 1.54) is 22.9 Å². The molecule has 1 aliphatic heterocycles. The first-order valence-electron chi connectivity index (χ1n) is 14.9. The summed E-state index contributed by atoms with van der Waals surface area (Å²) in [4.78, 5) is 37.0. The number of piperidine rings is 1. The molecule has 1 saturated heterocycles. The zero-order valence-corrected chi connectivity index (χ0v) is 25.5. The Kier molecular flexibility index (Phi) is 8.57. The summed E-state index contributed by atoms with van der Waals surface area (Å²) in [7, 11) is 0. The number of nitrogens with one attached hydrogen (secondary N) is 2. The van der Waals surface area contributed by atoms with Crippen LogP contribution in [-0.2, 0) is 0 Å². The van der Waals surface area contributed by atoms with E-state index in [0.717, 1.165) is 23.7 Å². The number of nitrogens with zero attached hydrogens (tertiary/aromatic N) is 3. The van der Waals surface area contributed by atoms with E-state index in [1.54, 1.807) is 30.3 Å². The molecule has 7 nitrogen and oxygen atoms in total. The molecule has 2 N–H and O–H groups in total. The fourth-order valence-electron chi connectivity index (χ4n) is 5.74. The first kappa shape index (κ1) is 29.3. The van der Waals surface area contributed by atoms with Crippen molar-refractivity contribution < 1.29 is 9.59 Å². The topological polar surface area (TPSA) is 87.2 Å². The summed E-state index contributed by atoms with van der Waals surface area (Å²) in [5, 5.41) is 7.54. The Morgan fingerprint density at radius 2 is 1.64 bits per heavy atom. The van der Waals surface area contributed by atoms with Crippen LogP contribution in [0.1, 0.15) is 58.9 Å². The molecule has 3 aromatic carbocycles. The molecule has 0 radical (unpaired) electrons. The fraction of sp³-hybridized carbons (Fsp3) is 0.222. The van der Waals surface area contributed by atoms with Crippen LogP contribution in [0.2, 0.25) is 5.02 Å². The summed E-state index contributed by atoms with van der Waals surface area (Å²) >= 11 is 6.40. The summed E-state index contributed by atoms with van der Waals surface area (Å²) in [5.41, 5.74) is 5.91. The Labute approximate surface area is 262 Å². The van der Waals surface area contributed by atoms with Gasteiger partial charge in [0.05, 0.1) is 21.8 Å². The van der Waals surface area contributed by atoms with Gasteiger partial charge in [-0.3, -0.25) is 14.6 Å². The van der Waals surface area contributed by atoms with Gasteiger partial charge in [0.1, 0.15) is 5.82 Å². The van der Waals surface area contributed by atoms with Crippen molar-refractivity contribution in [3.63, 3.8) is 0 Å². The van der Waals surface area contributed by atoms with Gasteiger partial charge in [-0.05, 0) is 91.8 Å². The quantitative estimate of drug-likeness (QED) is 0.197. The molecule has 0 unspecified atom stereocenters. The molecule has 0 atom stereocenters. The minimum Gasteiger partial charge on any atom is -0.368 e. The van der Waals surface area contributed by atoms with Crippen LogP contribution in [0.5, 0.6) is 0 Å². The zero-order chi connectivity index (χ0) is 30.6. The van der Waals surface area contributed by atoms with Crippen molar-refractivity contribution in [2.45, 2.75) is 38.6 Å². The lowest BCUT2D eigenvalue weighted by molar-refractivity contribution is 0.0712. The minimum absolute atomic E-state index is 0.0682. The average molecular weight is 604 g/mol. The summed E-state index contributed by atoms with van der Waals surface area (Å²) in [6.07, 6.45) is 5.14. The molecule has 0 bridgehead atoms. The molecule has 0 saturated carbocycles. The van der Waals surface area contributed by atoms with Crippen LogP contribution >= 0.6 is 11.6 Å². The Hall–Kier alpha value is -4.75. The number of halogens is 1. The summed E-state index contributed by atoms with van der Waals surface area (Å²) in [6.45, 7) is 5.36. The van der Waals surface area contributed by atoms with Crippen molar-refractivity contribution >= 4 is 45.8 Å². The van der Waals surface area contributed by atoms with Gasteiger partial charge in [0.2, 0.25) is 0 Å². The van der Waals surface area contributed by atoms with E-state index in [-0.39, 0.29) is 17.9 Å². The van der Waals surface area contributed by atoms with Crippen LogP contribution in [0.3, 0.4) is 0 Å². The van der Waals surface area contributed by atoms with E-state index >= 15 is 0 Å². The van der Waals surface area contributed by atoms with Crippen LogP contribution in [0, 0.1) is 0 Å². The maximum atomic E-state index is 13.4. The number of aromatic nitrogens is 2. The van der Waals surface area contributed by atoms with Gasteiger partial charge < -0.3 is 15.5 Å². The molecule has 1 fully saturated rings. The number of carbonyl (C=O) groups is 2. The van der Waals surface area contributed by atoms with Gasteiger partial charge in [-0.15, -0.1) is 0 Å². The number of para-hydroxylation sites is 1. The highest BCUT2D eigenvalue weighted by Gasteiger charge is 2.25. The lowest BCUT2D eigenvalue weighted by Crippen LogP contribution is -2.38. The highest BCUT2D eigenvalue weighted by atomic mass is 35.5. The van der Waals surface area contributed by atoms with E-state index in [0.29, 0.717) is 46.7 Å². The molecule has 2 aromatic heterocycles. The maximum absolute atomic E-state index is 13.4. The second kappa shape index (κ2) is 12.9. The van der Waals surface area contributed by atoms with Crippen LogP contribution in [-0.4, -0.2) is 45.8 Å². The van der Waals surface area contributed by atoms with E-state index < -0.39 is 0 Å². The molecule has 3 heterocycles. The molecule has 6 rings (SSSR count). The summed E-state index contributed by atoms with van der Waals surface area (Å²) in [6, 6.07) is 27.8.